The maximum Gasteiger partial charge on any atom is 0.407 e. The number of hydrogen-bond donors (Lipinski definition) is 3. The van der Waals surface area contributed by atoms with Gasteiger partial charge in [-0.1, -0.05) is 36.4 Å². The molecule has 1 amide bonds. The van der Waals surface area contributed by atoms with Crippen LogP contribution in [0.3, 0.4) is 0 Å². The zero-order valence-corrected chi connectivity index (χ0v) is 18.5. The first-order chi connectivity index (χ1) is 15.7. The summed E-state index contributed by atoms with van der Waals surface area (Å²) in [5, 5.41) is 7.80. The SMILES string of the molecule is O=C1NC(Cc2ccc3[nH]cc(CCN4CC[C@@H](CNCc5ccccc5)C4)c3c2)CO1. The van der Waals surface area contributed by atoms with Crippen molar-refractivity contribution in [2.45, 2.75) is 31.8 Å². The minimum absolute atomic E-state index is 0.0689. The smallest absolute Gasteiger partial charge is 0.407 e. The van der Waals surface area contributed by atoms with E-state index in [1.54, 1.807) is 0 Å². The lowest BCUT2D eigenvalue weighted by atomic mass is 10.0. The van der Waals surface area contributed by atoms with E-state index in [1.807, 2.05) is 0 Å². The van der Waals surface area contributed by atoms with E-state index in [-0.39, 0.29) is 12.1 Å². The summed E-state index contributed by atoms with van der Waals surface area (Å²) in [7, 11) is 0. The van der Waals surface area contributed by atoms with Crippen LogP contribution in [-0.4, -0.2) is 54.8 Å². The van der Waals surface area contributed by atoms with Gasteiger partial charge in [-0.2, -0.15) is 0 Å². The van der Waals surface area contributed by atoms with Gasteiger partial charge in [-0.15, -0.1) is 0 Å². The van der Waals surface area contributed by atoms with Gasteiger partial charge in [0.1, 0.15) is 6.61 Å². The molecular formula is C26H32N4O2. The van der Waals surface area contributed by atoms with Crippen LogP contribution in [0.25, 0.3) is 10.9 Å². The number of carbonyl (C=O) groups excluding carboxylic acids is 1. The van der Waals surface area contributed by atoms with Gasteiger partial charge in [0.15, 0.2) is 0 Å². The molecule has 1 unspecified atom stereocenters. The highest BCUT2D eigenvalue weighted by Gasteiger charge is 2.23. The molecule has 0 spiro atoms. The third-order valence-electron chi connectivity index (χ3n) is 6.72. The number of fused-ring (bicyclic) bond motifs is 1. The lowest BCUT2D eigenvalue weighted by Crippen LogP contribution is -2.28. The Morgan fingerprint density at radius 2 is 2.03 bits per heavy atom. The molecule has 2 atom stereocenters. The molecule has 2 aromatic carbocycles. The molecule has 168 valence electrons. The summed E-state index contributed by atoms with van der Waals surface area (Å²) in [6, 6.07) is 17.3. The summed E-state index contributed by atoms with van der Waals surface area (Å²) in [5.41, 5.74) is 5.14. The van der Waals surface area contributed by atoms with Crippen molar-refractivity contribution in [2.24, 2.45) is 5.92 Å². The molecule has 2 aliphatic rings. The summed E-state index contributed by atoms with van der Waals surface area (Å²) >= 11 is 0. The predicted octanol–water partition coefficient (Wildman–Crippen LogP) is 3.47. The van der Waals surface area contributed by atoms with Crippen molar-refractivity contribution < 1.29 is 9.53 Å². The number of likely N-dealkylation sites (tertiary alicyclic amines) is 1. The first-order valence-corrected chi connectivity index (χ1v) is 11.7. The summed E-state index contributed by atoms with van der Waals surface area (Å²) in [6.07, 6.45) is 4.98. The molecule has 3 aromatic rings. The maximum atomic E-state index is 11.3. The third kappa shape index (κ3) is 5.14. The Kier molecular flexibility index (Phi) is 6.41. The van der Waals surface area contributed by atoms with Crippen LogP contribution in [0.2, 0.25) is 0 Å². The van der Waals surface area contributed by atoms with Crippen molar-refractivity contribution in [2.75, 3.05) is 32.8 Å². The first kappa shape index (κ1) is 21.0. The van der Waals surface area contributed by atoms with Crippen LogP contribution in [-0.2, 0) is 24.1 Å². The summed E-state index contributed by atoms with van der Waals surface area (Å²) in [6.45, 7) is 5.95. The van der Waals surface area contributed by atoms with E-state index in [9.17, 15) is 4.79 Å². The Labute approximate surface area is 189 Å². The maximum absolute atomic E-state index is 11.3. The number of aromatic amines is 1. The highest BCUT2D eigenvalue weighted by Crippen LogP contribution is 2.23. The first-order valence-electron chi connectivity index (χ1n) is 11.7. The zero-order valence-electron chi connectivity index (χ0n) is 18.5. The average Bonchev–Trinajstić information content (AvgIpc) is 3.53. The number of nitrogens with one attached hydrogen (secondary N) is 3. The van der Waals surface area contributed by atoms with Crippen molar-refractivity contribution in [3.8, 4) is 0 Å². The molecule has 2 fully saturated rings. The number of nitrogens with zero attached hydrogens (tertiary/aromatic N) is 1. The van der Waals surface area contributed by atoms with Crippen LogP contribution >= 0.6 is 0 Å². The van der Waals surface area contributed by atoms with Crippen LogP contribution < -0.4 is 10.6 Å². The Balaban J connectivity index is 1.11. The van der Waals surface area contributed by atoms with Gasteiger partial charge in [-0.25, -0.2) is 4.79 Å². The summed E-state index contributed by atoms with van der Waals surface area (Å²) < 4.78 is 5.02. The molecule has 2 saturated heterocycles. The molecule has 1 aromatic heterocycles. The average molecular weight is 433 g/mol. The topological polar surface area (TPSA) is 69.4 Å². The number of alkyl carbamates (subject to hydrolysis) is 1. The highest BCUT2D eigenvalue weighted by atomic mass is 16.6. The Morgan fingerprint density at radius 1 is 1.12 bits per heavy atom. The van der Waals surface area contributed by atoms with Gasteiger partial charge in [0.25, 0.3) is 0 Å². The molecule has 0 radical (unpaired) electrons. The zero-order chi connectivity index (χ0) is 21.8. The van der Waals surface area contributed by atoms with Crippen molar-refractivity contribution in [1.29, 1.82) is 0 Å². The number of carbonyl (C=O) groups is 1. The van der Waals surface area contributed by atoms with E-state index in [0.29, 0.717) is 6.61 Å². The second kappa shape index (κ2) is 9.76. The van der Waals surface area contributed by atoms with Crippen LogP contribution in [0, 0.1) is 5.92 Å². The van der Waals surface area contributed by atoms with Crippen molar-refractivity contribution >= 4 is 17.0 Å². The van der Waals surface area contributed by atoms with Crippen LogP contribution in [0.5, 0.6) is 0 Å². The number of rotatable bonds is 9. The van der Waals surface area contributed by atoms with Crippen molar-refractivity contribution in [3.05, 3.63) is 71.4 Å². The number of cyclic esters (lactones) is 1. The van der Waals surface area contributed by atoms with E-state index in [4.69, 9.17) is 4.74 Å². The van der Waals surface area contributed by atoms with Gasteiger partial charge in [0.2, 0.25) is 0 Å². The molecule has 3 N–H and O–H groups in total. The fraction of sp³-hybridized carbons (Fsp3) is 0.423. The number of benzene rings is 2. The molecule has 0 aliphatic carbocycles. The fourth-order valence-electron chi connectivity index (χ4n) is 4.96. The Bertz CT molecular complexity index is 1050. The van der Waals surface area contributed by atoms with Gasteiger partial charge in [-0.3, -0.25) is 0 Å². The number of ether oxygens (including phenoxy) is 1. The molecule has 0 bridgehead atoms. The molecule has 2 aliphatic heterocycles. The molecule has 3 heterocycles. The molecule has 6 nitrogen and oxygen atoms in total. The van der Waals surface area contributed by atoms with E-state index in [0.717, 1.165) is 38.4 Å². The summed E-state index contributed by atoms with van der Waals surface area (Å²) in [4.78, 5) is 17.3. The summed E-state index contributed by atoms with van der Waals surface area (Å²) in [5.74, 6) is 0.733. The monoisotopic (exact) mass is 432 g/mol. The largest absolute Gasteiger partial charge is 0.447 e. The van der Waals surface area contributed by atoms with E-state index < -0.39 is 0 Å². The third-order valence-corrected chi connectivity index (χ3v) is 6.72. The molecular weight excluding hydrogens is 400 g/mol. The Hall–Kier alpha value is -2.83. The van der Waals surface area contributed by atoms with Crippen molar-refractivity contribution in [1.82, 2.24) is 20.5 Å². The highest BCUT2D eigenvalue weighted by molar-refractivity contribution is 5.84. The molecule has 32 heavy (non-hydrogen) atoms. The van der Waals surface area contributed by atoms with Gasteiger partial charge < -0.3 is 25.3 Å². The molecule has 6 heteroatoms. The Morgan fingerprint density at radius 3 is 2.88 bits per heavy atom. The van der Waals surface area contributed by atoms with E-state index >= 15 is 0 Å². The van der Waals surface area contributed by atoms with Crippen LogP contribution in [0.4, 0.5) is 4.79 Å². The lowest BCUT2D eigenvalue weighted by molar-refractivity contribution is 0.177. The van der Waals surface area contributed by atoms with Gasteiger partial charge in [0.05, 0.1) is 6.04 Å². The normalized spacial score (nSPS) is 21.2. The number of hydrogen-bond acceptors (Lipinski definition) is 4. The van der Waals surface area contributed by atoms with Gasteiger partial charge >= 0.3 is 6.09 Å². The van der Waals surface area contributed by atoms with Crippen LogP contribution in [0.15, 0.2) is 54.7 Å². The van der Waals surface area contributed by atoms with Crippen molar-refractivity contribution in [3.63, 3.8) is 0 Å². The standard InChI is InChI=1S/C26H32N4O2/c31-26-29-23(18-32-26)12-20-6-7-25-24(13-20)22(16-28-25)9-11-30-10-8-21(17-30)15-27-14-19-4-2-1-3-5-19/h1-7,13,16,21,23,27-28H,8-12,14-15,17-18H2,(H,29,31)/t21-,23?/m0/s1. The number of H-pyrrole nitrogens is 1. The molecule has 5 rings (SSSR count). The van der Waals surface area contributed by atoms with E-state index in [2.05, 4.69) is 75.2 Å². The second-order valence-electron chi connectivity index (χ2n) is 9.16. The quantitative estimate of drug-likeness (QED) is 0.484. The number of aromatic nitrogens is 1. The minimum Gasteiger partial charge on any atom is -0.447 e. The minimum atomic E-state index is -0.308. The molecule has 0 saturated carbocycles. The van der Waals surface area contributed by atoms with Gasteiger partial charge in [-0.05, 0) is 67.1 Å². The second-order valence-corrected chi connectivity index (χ2v) is 9.16. The predicted molar refractivity (Wildman–Crippen MR) is 127 cm³/mol. The number of amides is 1. The lowest BCUT2D eigenvalue weighted by Gasteiger charge is -2.16. The van der Waals surface area contributed by atoms with E-state index in [1.165, 1.54) is 47.1 Å². The van der Waals surface area contributed by atoms with Crippen LogP contribution in [0.1, 0.15) is 23.1 Å². The fourth-order valence-corrected chi connectivity index (χ4v) is 4.96. The van der Waals surface area contributed by atoms with Gasteiger partial charge in [0, 0.05) is 36.7 Å².